The number of hydrogen-bond acceptors (Lipinski definition) is 5. The second-order valence-corrected chi connectivity index (χ2v) is 6.62. The molecule has 0 unspecified atom stereocenters. The van der Waals surface area contributed by atoms with Crippen LogP contribution in [0.1, 0.15) is 18.5 Å². The van der Waals surface area contributed by atoms with E-state index in [-0.39, 0.29) is 5.91 Å². The predicted octanol–water partition coefficient (Wildman–Crippen LogP) is -0.352. The normalized spacial score (nSPS) is 25.9. The highest BCUT2D eigenvalue weighted by molar-refractivity contribution is 5.76. The lowest BCUT2D eigenvalue weighted by molar-refractivity contribution is -0.131. The number of rotatable bonds is 5. The summed E-state index contributed by atoms with van der Waals surface area (Å²) in [6.45, 7) is 4.88. The van der Waals surface area contributed by atoms with Crippen LogP contribution in [0.15, 0.2) is 12.3 Å². The summed E-state index contributed by atoms with van der Waals surface area (Å²) in [6, 6.07) is 1.94. The second-order valence-electron chi connectivity index (χ2n) is 6.62. The molecule has 2 aliphatic rings. The number of hydrogen-bond donors (Lipinski definition) is 1. The smallest absolute Gasteiger partial charge is 0.223 e. The highest BCUT2D eigenvalue weighted by Crippen LogP contribution is 2.23. The van der Waals surface area contributed by atoms with Gasteiger partial charge in [-0.05, 0) is 18.9 Å². The summed E-state index contributed by atoms with van der Waals surface area (Å²) < 4.78 is 7.14. The van der Waals surface area contributed by atoms with Gasteiger partial charge >= 0.3 is 0 Å². The molecule has 2 aliphatic heterocycles. The van der Waals surface area contributed by atoms with Gasteiger partial charge in [-0.15, -0.1) is 0 Å². The van der Waals surface area contributed by atoms with Gasteiger partial charge in [0, 0.05) is 51.5 Å². The predicted molar refractivity (Wildman–Crippen MR) is 84.9 cm³/mol. The number of ether oxygens (including phenoxy) is 1. The lowest BCUT2D eigenvalue weighted by atomic mass is 10.0. The number of carbonyl (C=O) groups excluding carboxylic acids is 1. The van der Waals surface area contributed by atoms with E-state index in [1.807, 2.05) is 13.1 Å². The number of β-amino-alcohol motifs (C(OH)–C–C–N with tert-alkyl or cyclic N) is 1. The zero-order chi connectivity index (χ0) is 16.3. The molecule has 7 heteroatoms. The highest BCUT2D eigenvalue weighted by atomic mass is 16.5. The molecule has 23 heavy (non-hydrogen) atoms. The molecule has 0 aromatic carbocycles. The van der Waals surface area contributed by atoms with Crippen molar-refractivity contribution in [3.8, 4) is 0 Å². The molecule has 7 nitrogen and oxygen atoms in total. The van der Waals surface area contributed by atoms with E-state index in [2.05, 4.69) is 10.00 Å². The van der Waals surface area contributed by atoms with Crippen molar-refractivity contribution >= 4 is 5.91 Å². The summed E-state index contributed by atoms with van der Waals surface area (Å²) in [4.78, 5) is 16.4. The van der Waals surface area contributed by atoms with Gasteiger partial charge in [0.2, 0.25) is 5.91 Å². The van der Waals surface area contributed by atoms with Crippen molar-refractivity contribution in [2.45, 2.75) is 24.9 Å². The van der Waals surface area contributed by atoms with Crippen LogP contribution in [0.5, 0.6) is 0 Å². The molecule has 1 N–H and O–H groups in total. The van der Waals surface area contributed by atoms with E-state index in [0.29, 0.717) is 38.9 Å². The van der Waals surface area contributed by atoms with Crippen molar-refractivity contribution in [2.75, 3.05) is 45.9 Å². The Labute approximate surface area is 136 Å². The quantitative estimate of drug-likeness (QED) is 0.802. The van der Waals surface area contributed by atoms with Crippen LogP contribution in [-0.2, 0) is 23.0 Å². The molecular formula is C16H26N4O3. The van der Waals surface area contributed by atoms with Crippen molar-refractivity contribution in [2.24, 2.45) is 7.05 Å². The Morgan fingerprint density at radius 3 is 2.87 bits per heavy atom. The summed E-state index contributed by atoms with van der Waals surface area (Å²) in [6.07, 6.45) is 3.56. The Morgan fingerprint density at radius 1 is 1.39 bits per heavy atom. The Hall–Kier alpha value is -1.44. The fraction of sp³-hybridized carbons (Fsp3) is 0.750. The highest BCUT2D eigenvalue weighted by Gasteiger charge is 2.39. The van der Waals surface area contributed by atoms with E-state index in [4.69, 9.17) is 4.74 Å². The van der Waals surface area contributed by atoms with Crippen LogP contribution in [0.25, 0.3) is 0 Å². The molecule has 128 valence electrons. The van der Waals surface area contributed by atoms with E-state index < -0.39 is 5.60 Å². The van der Waals surface area contributed by atoms with Gasteiger partial charge < -0.3 is 14.7 Å². The van der Waals surface area contributed by atoms with E-state index in [9.17, 15) is 9.90 Å². The molecular weight excluding hydrogens is 296 g/mol. The number of aliphatic hydroxyl groups is 1. The maximum absolute atomic E-state index is 12.4. The number of aromatic nitrogens is 2. The summed E-state index contributed by atoms with van der Waals surface area (Å²) in [5, 5.41) is 14.9. The SMILES string of the molecule is Cn1nccc1CCC(=O)N1CC[C@](O)(CN2CCOCC2)C1. The molecule has 0 spiro atoms. The Bertz CT molecular complexity index is 541. The molecule has 2 fully saturated rings. The van der Waals surface area contributed by atoms with Crippen LogP contribution in [0.3, 0.4) is 0 Å². The van der Waals surface area contributed by atoms with Gasteiger partial charge in [-0.1, -0.05) is 0 Å². The molecule has 1 aromatic rings. The molecule has 0 bridgehead atoms. The topological polar surface area (TPSA) is 70.8 Å². The van der Waals surface area contributed by atoms with Crippen LogP contribution in [-0.4, -0.2) is 82.1 Å². The molecule has 1 atom stereocenters. The zero-order valence-electron chi connectivity index (χ0n) is 13.8. The Kier molecular flexibility index (Phi) is 4.99. The third-order valence-electron chi connectivity index (χ3n) is 4.82. The average Bonchev–Trinajstić information content (AvgIpc) is 3.12. The van der Waals surface area contributed by atoms with Crippen molar-refractivity contribution < 1.29 is 14.6 Å². The first-order chi connectivity index (χ1) is 11.1. The minimum absolute atomic E-state index is 0.115. The van der Waals surface area contributed by atoms with E-state index in [1.165, 1.54) is 0 Å². The standard InChI is InChI=1S/C16H26N4O3/c1-18-14(4-6-17-18)2-3-15(21)20-7-5-16(22,13-20)12-19-8-10-23-11-9-19/h4,6,22H,2-3,5,7-13H2,1H3/t16-/m0/s1. The fourth-order valence-corrected chi connectivity index (χ4v) is 3.41. The van der Waals surface area contributed by atoms with Crippen molar-refractivity contribution in [1.29, 1.82) is 0 Å². The third kappa shape index (κ3) is 4.10. The molecule has 1 amide bonds. The van der Waals surface area contributed by atoms with Gasteiger partial charge in [-0.2, -0.15) is 5.10 Å². The van der Waals surface area contributed by atoms with Crippen LogP contribution >= 0.6 is 0 Å². The zero-order valence-corrected chi connectivity index (χ0v) is 13.8. The monoisotopic (exact) mass is 322 g/mol. The van der Waals surface area contributed by atoms with Crippen LogP contribution in [0.2, 0.25) is 0 Å². The van der Waals surface area contributed by atoms with Gasteiger partial charge in [0.25, 0.3) is 0 Å². The van der Waals surface area contributed by atoms with Gasteiger partial charge in [0.15, 0.2) is 0 Å². The summed E-state index contributed by atoms with van der Waals surface area (Å²) in [5.41, 5.74) is 0.278. The van der Waals surface area contributed by atoms with Gasteiger partial charge in [0.1, 0.15) is 0 Å². The first-order valence-corrected chi connectivity index (χ1v) is 8.33. The number of aryl methyl sites for hydroxylation is 2. The summed E-state index contributed by atoms with van der Waals surface area (Å²) in [7, 11) is 1.89. The fourth-order valence-electron chi connectivity index (χ4n) is 3.41. The van der Waals surface area contributed by atoms with Crippen LogP contribution in [0.4, 0.5) is 0 Å². The number of morpholine rings is 1. The van der Waals surface area contributed by atoms with E-state index in [1.54, 1.807) is 15.8 Å². The maximum Gasteiger partial charge on any atom is 0.223 e. The average molecular weight is 322 g/mol. The number of likely N-dealkylation sites (tertiary alicyclic amines) is 1. The van der Waals surface area contributed by atoms with Crippen LogP contribution < -0.4 is 0 Å². The summed E-state index contributed by atoms with van der Waals surface area (Å²) >= 11 is 0. The molecule has 0 saturated carbocycles. The number of nitrogens with zero attached hydrogens (tertiary/aromatic N) is 4. The molecule has 0 radical (unpaired) electrons. The van der Waals surface area contributed by atoms with Crippen molar-refractivity contribution in [1.82, 2.24) is 19.6 Å². The van der Waals surface area contributed by atoms with Crippen molar-refractivity contribution in [3.05, 3.63) is 18.0 Å². The first kappa shape index (κ1) is 16.4. The molecule has 1 aromatic heterocycles. The minimum atomic E-state index is -0.778. The van der Waals surface area contributed by atoms with Gasteiger partial charge in [0.05, 0.1) is 25.4 Å². The molecule has 3 heterocycles. The Morgan fingerprint density at radius 2 is 2.17 bits per heavy atom. The van der Waals surface area contributed by atoms with Gasteiger partial charge in [-0.25, -0.2) is 0 Å². The van der Waals surface area contributed by atoms with Crippen molar-refractivity contribution in [3.63, 3.8) is 0 Å². The maximum atomic E-state index is 12.4. The van der Waals surface area contributed by atoms with Gasteiger partial charge in [-0.3, -0.25) is 14.4 Å². The van der Waals surface area contributed by atoms with Crippen LogP contribution in [0, 0.1) is 0 Å². The summed E-state index contributed by atoms with van der Waals surface area (Å²) in [5.74, 6) is 0.115. The molecule has 0 aliphatic carbocycles. The third-order valence-corrected chi connectivity index (χ3v) is 4.82. The Balaban J connectivity index is 1.48. The molecule has 3 rings (SSSR count). The van der Waals surface area contributed by atoms with E-state index >= 15 is 0 Å². The number of amides is 1. The lowest BCUT2D eigenvalue weighted by Crippen LogP contribution is -2.49. The molecule has 2 saturated heterocycles. The minimum Gasteiger partial charge on any atom is -0.387 e. The second kappa shape index (κ2) is 6.98. The largest absolute Gasteiger partial charge is 0.387 e. The first-order valence-electron chi connectivity index (χ1n) is 8.33. The lowest BCUT2D eigenvalue weighted by Gasteiger charge is -2.33. The van der Waals surface area contributed by atoms with E-state index in [0.717, 1.165) is 32.0 Å². The number of carbonyl (C=O) groups is 1.